The monoisotopic (exact) mass is 555 g/mol. The van der Waals surface area contributed by atoms with E-state index in [1.807, 2.05) is 18.7 Å². The van der Waals surface area contributed by atoms with Gasteiger partial charge in [-0.25, -0.2) is 4.99 Å². The van der Waals surface area contributed by atoms with Crippen LogP contribution in [0, 0.1) is 5.92 Å². The molecule has 1 aromatic rings. The van der Waals surface area contributed by atoms with Crippen molar-refractivity contribution in [2.75, 3.05) is 33.7 Å². The van der Waals surface area contributed by atoms with Crippen molar-refractivity contribution in [3.8, 4) is 0 Å². The van der Waals surface area contributed by atoms with Gasteiger partial charge in [-0.15, -0.1) is 24.0 Å². The standard InChI is InChI=1S/C24H37N5O2.HI/c1-17(2)23(31)29-13-11-20(12-14-29)26-24(25-16-22(30)28(3)4)27-21-10-9-18-7-5-6-8-19(18)15-21;/h5-8,17,20-21H,9-16H2,1-4H3,(H2,25,26,27);1H. The number of guanidine groups is 1. The molecule has 0 spiro atoms. The molecule has 178 valence electrons. The van der Waals surface area contributed by atoms with Gasteiger partial charge in [-0.2, -0.15) is 0 Å². The molecule has 0 bridgehead atoms. The number of piperidine rings is 1. The number of aryl methyl sites for hydroxylation is 1. The second-order valence-electron chi connectivity index (χ2n) is 9.20. The van der Waals surface area contributed by atoms with Crippen LogP contribution >= 0.6 is 24.0 Å². The first-order chi connectivity index (χ1) is 14.8. The number of carbonyl (C=O) groups is 2. The second-order valence-corrected chi connectivity index (χ2v) is 9.20. The number of nitrogens with zero attached hydrogens (tertiary/aromatic N) is 3. The smallest absolute Gasteiger partial charge is 0.243 e. The summed E-state index contributed by atoms with van der Waals surface area (Å²) in [7, 11) is 3.50. The molecule has 7 nitrogen and oxygen atoms in total. The van der Waals surface area contributed by atoms with Crippen LogP contribution in [0.25, 0.3) is 0 Å². The Kier molecular flexibility index (Phi) is 10.2. The maximum atomic E-state index is 12.3. The molecule has 1 aromatic carbocycles. The summed E-state index contributed by atoms with van der Waals surface area (Å²) in [4.78, 5) is 32.5. The summed E-state index contributed by atoms with van der Waals surface area (Å²) in [6, 6.07) is 9.14. The van der Waals surface area contributed by atoms with Crippen LogP contribution in [-0.2, 0) is 22.4 Å². The minimum absolute atomic E-state index is 0. The highest BCUT2D eigenvalue weighted by molar-refractivity contribution is 14.0. The predicted molar refractivity (Wildman–Crippen MR) is 139 cm³/mol. The first kappa shape index (κ1) is 26.4. The van der Waals surface area contributed by atoms with Crippen molar-refractivity contribution < 1.29 is 9.59 Å². The van der Waals surface area contributed by atoms with E-state index in [1.165, 1.54) is 11.1 Å². The van der Waals surface area contributed by atoms with Crippen LogP contribution in [0.3, 0.4) is 0 Å². The van der Waals surface area contributed by atoms with E-state index < -0.39 is 0 Å². The second kappa shape index (κ2) is 12.4. The van der Waals surface area contributed by atoms with Crippen LogP contribution in [0.4, 0.5) is 0 Å². The minimum atomic E-state index is -0.0209. The van der Waals surface area contributed by atoms with Crippen molar-refractivity contribution in [2.24, 2.45) is 10.9 Å². The largest absolute Gasteiger partial charge is 0.354 e. The van der Waals surface area contributed by atoms with Crippen LogP contribution in [0.15, 0.2) is 29.3 Å². The highest BCUT2D eigenvalue weighted by Gasteiger charge is 2.26. The molecule has 1 saturated heterocycles. The molecule has 0 saturated carbocycles. The predicted octanol–water partition coefficient (Wildman–Crippen LogP) is 2.43. The lowest BCUT2D eigenvalue weighted by atomic mass is 9.88. The lowest BCUT2D eigenvalue weighted by Crippen LogP contribution is -2.53. The molecule has 2 aliphatic rings. The first-order valence-electron chi connectivity index (χ1n) is 11.5. The number of halogens is 1. The Morgan fingerprint density at radius 1 is 1.06 bits per heavy atom. The number of aliphatic imine (C=N–C) groups is 1. The molecule has 1 fully saturated rings. The lowest BCUT2D eigenvalue weighted by molar-refractivity contribution is -0.135. The lowest BCUT2D eigenvalue weighted by Gasteiger charge is -2.35. The van der Waals surface area contributed by atoms with Gasteiger partial charge < -0.3 is 20.4 Å². The van der Waals surface area contributed by atoms with Gasteiger partial charge in [0, 0.05) is 45.2 Å². The van der Waals surface area contributed by atoms with Gasteiger partial charge in [-0.3, -0.25) is 9.59 Å². The molecule has 1 aliphatic carbocycles. The SMILES string of the molecule is CC(C)C(=O)N1CCC(NC(=NCC(=O)N(C)C)NC2CCc3ccccc3C2)CC1.I. The van der Waals surface area contributed by atoms with Crippen LogP contribution in [0.5, 0.6) is 0 Å². The van der Waals surface area contributed by atoms with Gasteiger partial charge in [0.2, 0.25) is 11.8 Å². The van der Waals surface area contributed by atoms with Crippen molar-refractivity contribution in [1.29, 1.82) is 0 Å². The van der Waals surface area contributed by atoms with Gasteiger partial charge >= 0.3 is 0 Å². The van der Waals surface area contributed by atoms with Gasteiger partial charge in [0.1, 0.15) is 6.54 Å². The maximum Gasteiger partial charge on any atom is 0.243 e. The van der Waals surface area contributed by atoms with E-state index >= 15 is 0 Å². The van der Waals surface area contributed by atoms with Crippen molar-refractivity contribution in [2.45, 2.75) is 58.0 Å². The quantitative estimate of drug-likeness (QED) is 0.333. The fraction of sp³-hybridized carbons (Fsp3) is 0.625. The summed E-state index contributed by atoms with van der Waals surface area (Å²) in [5.74, 6) is 0.943. The van der Waals surface area contributed by atoms with E-state index in [0.29, 0.717) is 12.0 Å². The Bertz CT molecular complexity index is 803. The number of benzene rings is 1. The Morgan fingerprint density at radius 2 is 1.69 bits per heavy atom. The topological polar surface area (TPSA) is 77.0 Å². The molecule has 1 atom stereocenters. The molecule has 1 aliphatic heterocycles. The number of rotatable bonds is 5. The molecule has 3 rings (SSSR count). The zero-order valence-electron chi connectivity index (χ0n) is 19.8. The van der Waals surface area contributed by atoms with Crippen LogP contribution in [0.2, 0.25) is 0 Å². The molecule has 2 amide bonds. The molecule has 8 heteroatoms. The van der Waals surface area contributed by atoms with Gasteiger partial charge in [0.25, 0.3) is 0 Å². The molecule has 1 heterocycles. The van der Waals surface area contributed by atoms with E-state index in [1.54, 1.807) is 19.0 Å². The Labute approximate surface area is 209 Å². The van der Waals surface area contributed by atoms with E-state index in [4.69, 9.17) is 0 Å². The summed E-state index contributed by atoms with van der Waals surface area (Å²) >= 11 is 0. The number of likely N-dealkylation sites (N-methyl/N-ethyl adjacent to an activating group) is 1. The first-order valence-corrected chi connectivity index (χ1v) is 11.5. The molecule has 0 radical (unpaired) electrons. The molecule has 0 aromatic heterocycles. The van der Waals surface area contributed by atoms with Crippen molar-refractivity contribution in [3.05, 3.63) is 35.4 Å². The molecular weight excluding hydrogens is 517 g/mol. The molecule has 1 unspecified atom stereocenters. The van der Waals surface area contributed by atoms with Crippen LogP contribution in [-0.4, -0.2) is 73.4 Å². The highest BCUT2D eigenvalue weighted by Crippen LogP contribution is 2.21. The van der Waals surface area contributed by atoms with E-state index in [-0.39, 0.29) is 54.3 Å². The average molecular weight is 556 g/mol. The van der Waals surface area contributed by atoms with Crippen molar-refractivity contribution in [3.63, 3.8) is 0 Å². The summed E-state index contributed by atoms with van der Waals surface area (Å²) in [5, 5.41) is 7.12. The maximum absolute atomic E-state index is 12.3. The zero-order chi connectivity index (χ0) is 22.4. The Balaban J connectivity index is 0.00000363. The van der Waals surface area contributed by atoms with Crippen molar-refractivity contribution >= 4 is 41.8 Å². The van der Waals surface area contributed by atoms with Gasteiger partial charge in [0.15, 0.2) is 5.96 Å². The summed E-state index contributed by atoms with van der Waals surface area (Å²) in [6.45, 7) is 5.54. The fourth-order valence-corrected chi connectivity index (χ4v) is 4.24. The third-order valence-corrected chi connectivity index (χ3v) is 6.20. The van der Waals surface area contributed by atoms with E-state index in [2.05, 4.69) is 39.9 Å². The zero-order valence-corrected chi connectivity index (χ0v) is 22.1. The van der Waals surface area contributed by atoms with Gasteiger partial charge in [0.05, 0.1) is 0 Å². The van der Waals surface area contributed by atoms with Crippen molar-refractivity contribution in [1.82, 2.24) is 20.4 Å². The highest BCUT2D eigenvalue weighted by atomic mass is 127. The number of amides is 2. The number of hydrogen-bond donors (Lipinski definition) is 2. The van der Waals surface area contributed by atoms with E-state index in [9.17, 15) is 9.59 Å². The fourth-order valence-electron chi connectivity index (χ4n) is 4.24. The third-order valence-electron chi connectivity index (χ3n) is 6.20. The van der Waals surface area contributed by atoms with Crippen LogP contribution < -0.4 is 10.6 Å². The number of nitrogens with one attached hydrogen (secondary N) is 2. The summed E-state index contributed by atoms with van der Waals surface area (Å²) in [6.07, 6.45) is 4.82. The average Bonchev–Trinajstić information content (AvgIpc) is 2.77. The summed E-state index contributed by atoms with van der Waals surface area (Å²) < 4.78 is 0. The van der Waals surface area contributed by atoms with Crippen LogP contribution in [0.1, 0.15) is 44.2 Å². The molecular formula is C24H38IN5O2. The van der Waals surface area contributed by atoms with Gasteiger partial charge in [-0.05, 0) is 43.2 Å². The summed E-state index contributed by atoms with van der Waals surface area (Å²) in [5.41, 5.74) is 2.81. The molecule has 2 N–H and O–H groups in total. The number of hydrogen-bond acceptors (Lipinski definition) is 3. The Morgan fingerprint density at radius 3 is 2.31 bits per heavy atom. The normalized spacial score (nSPS) is 19.1. The Hall–Kier alpha value is -1.84. The number of fused-ring (bicyclic) bond motifs is 1. The third kappa shape index (κ3) is 7.35. The minimum Gasteiger partial charge on any atom is -0.354 e. The molecule has 32 heavy (non-hydrogen) atoms. The van der Waals surface area contributed by atoms with Gasteiger partial charge in [-0.1, -0.05) is 38.1 Å². The van der Waals surface area contributed by atoms with E-state index in [0.717, 1.165) is 45.2 Å². The number of carbonyl (C=O) groups excluding carboxylic acids is 2. The number of likely N-dealkylation sites (tertiary alicyclic amines) is 1.